The van der Waals surface area contributed by atoms with Crippen molar-refractivity contribution in [3.05, 3.63) is 24.2 Å². The molecule has 0 saturated carbocycles. The van der Waals surface area contributed by atoms with Crippen molar-refractivity contribution in [3.63, 3.8) is 0 Å². The molecule has 0 unspecified atom stereocenters. The molecule has 3 aliphatic rings. The number of carbonyl (C=O) groups excluding carboxylic acids is 1. The van der Waals surface area contributed by atoms with E-state index in [0.29, 0.717) is 23.6 Å². The van der Waals surface area contributed by atoms with Gasteiger partial charge in [0.05, 0.1) is 12.9 Å². The third-order valence-electron chi connectivity index (χ3n) is 5.16. The normalized spacial score (nSPS) is 32.8. The highest BCUT2D eigenvalue weighted by molar-refractivity contribution is 5.92. The van der Waals surface area contributed by atoms with Crippen molar-refractivity contribution in [1.29, 1.82) is 0 Å². The van der Waals surface area contributed by atoms with Crippen molar-refractivity contribution >= 4 is 5.91 Å². The summed E-state index contributed by atoms with van der Waals surface area (Å²) in [6, 6.07) is 3.91. The smallest absolute Gasteiger partial charge is 0.289 e. The van der Waals surface area contributed by atoms with Gasteiger partial charge < -0.3 is 19.0 Å². The van der Waals surface area contributed by atoms with Gasteiger partial charge in [-0.25, -0.2) is 0 Å². The first-order chi connectivity index (χ1) is 10.3. The molecule has 1 aromatic rings. The zero-order chi connectivity index (χ0) is 14.2. The molecule has 0 radical (unpaired) electrons. The third-order valence-corrected chi connectivity index (χ3v) is 5.16. The molecule has 4 heterocycles. The Labute approximate surface area is 124 Å². The maximum Gasteiger partial charge on any atom is 0.289 e. The van der Waals surface area contributed by atoms with Crippen LogP contribution in [0.4, 0.5) is 0 Å². The van der Waals surface area contributed by atoms with Crippen LogP contribution in [0.3, 0.4) is 0 Å². The van der Waals surface area contributed by atoms with E-state index >= 15 is 0 Å². The van der Waals surface area contributed by atoms with Crippen molar-refractivity contribution in [1.82, 2.24) is 9.80 Å². The predicted octanol–water partition coefficient (Wildman–Crippen LogP) is 1.46. The molecule has 3 aliphatic heterocycles. The lowest BCUT2D eigenvalue weighted by atomic mass is 10.1. The lowest BCUT2D eigenvalue weighted by Gasteiger charge is -2.25. The second kappa shape index (κ2) is 5.46. The minimum absolute atomic E-state index is 0.0542. The Morgan fingerprint density at radius 2 is 2.29 bits per heavy atom. The van der Waals surface area contributed by atoms with Gasteiger partial charge in [-0.1, -0.05) is 0 Å². The molecule has 3 saturated heterocycles. The summed E-state index contributed by atoms with van der Waals surface area (Å²) in [5, 5.41) is 0. The van der Waals surface area contributed by atoms with E-state index in [-0.39, 0.29) is 5.91 Å². The van der Waals surface area contributed by atoms with Crippen LogP contribution in [0.2, 0.25) is 0 Å². The minimum atomic E-state index is 0.0542. The topological polar surface area (TPSA) is 45.9 Å². The minimum Gasteiger partial charge on any atom is -0.459 e. The van der Waals surface area contributed by atoms with Gasteiger partial charge in [0.15, 0.2) is 5.76 Å². The SMILES string of the molecule is O=C(c1ccco1)N1CC[C@H]2CN(C[C@H]3CCOC3)C[C@H]21. The summed E-state index contributed by atoms with van der Waals surface area (Å²) >= 11 is 0. The van der Waals surface area contributed by atoms with Crippen molar-refractivity contribution in [3.8, 4) is 0 Å². The molecule has 1 amide bonds. The molecule has 21 heavy (non-hydrogen) atoms. The molecule has 3 fully saturated rings. The van der Waals surface area contributed by atoms with Gasteiger partial charge in [-0.2, -0.15) is 0 Å². The first-order valence-electron chi connectivity index (χ1n) is 7.96. The Kier molecular flexibility index (Phi) is 3.47. The van der Waals surface area contributed by atoms with Gasteiger partial charge in [-0.05, 0) is 36.8 Å². The first kappa shape index (κ1) is 13.3. The lowest BCUT2D eigenvalue weighted by Crippen LogP contribution is -2.40. The molecule has 5 heteroatoms. The fraction of sp³-hybridized carbons (Fsp3) is 0.688. The number of ether oxygens (including phenoxy) is 1. The third kappa shape index (κ3) is 2.49. The fourth-order valence-corrected chi connectivity index (χ4v) is 4.08. The van der Waals surface area contributed by atoms with Gasteiger partial charge in [-0.15, -0.1) is 0 Å². The van der Waals surface area contributed by atoms with Crippen LogP contribution in [0, 0.1) is 11.8 Å². The van der Waals surface area contributed by atoms with E-state index in [4.69, 9.17) is 9.15 Å². The molecule has 0 bridgehead atoms. The highest BCUT2D eigenvalue weighted by atomic mass is 16.5. The summed E-state index contributed by atoms with van der Waals surface area (Å²) in [5.41, 5.74) is 0. The Balaban J connectivity index is 1.40. The fourth-order valence-electron chi connectivity index (χ4n) is 4.08. The molecule has 0 spiro atoms. The second-order valence-electron chi connectivity index (χ2n) is 6.54. The van der Waals surface area contributed by atoms with E-state index in [0.717, 1.165) is 45.8 Å². The average molecular weight is 290 g/mol. The van der Waals surface area contributed by atoms with Gasteiger partial charge in [0.2, 0.25) is 0 Å². The molecule has 0 aromatic carbocycles. The van der Waals surface area contributed by atoms with Gasteiger partial charge in [0.1, 0.15) is 0 Å². The average Bonchev–Trinajstić information content (AvgIpc) is 3.24. The highest BCUT2D eigenvalue weighted by Gasteiger charge is 2.44. The van der Waals surface area contributed by atoms with Crippen LogP contribution in [0.5, 0.6) is 0 Å². The van der Waals surface area contributed by atoms with Crippen LogP contribution in [-0.4, -0.2) is 61.1 Å². The van der Waals surface area contributed by atoms with Crippen LogP contribution in [0.15, 0.2) is 22.8 Å². The Morgan fingerprint density at radius 1 is 1.33 bits per heavy atom. The maximum absolute atomic E-state index is 12.5. The van der Waals surface area contributed by atoms with Crippen molar-refractivity contribution in [2.45, 2.75) is 18.9 Å². The molecule has 3 atom stereocenters. The number of furan rings is 1. The predicted molar refractivity (Wildman–Crippen MR) is 77.0 cm³/mol. The number of carbonyl (C=O) groups is 1. The molecule has 5 nitrogen and oxygen atoms in total. The second-order valence-corrected chi connectivity index (χ2v) is 6.54. The summed E-state index contributed by atoms with van der Waals surface area (Å²) in [4.78, 5) is 17.0. The summed E-state index contributed by atoms with van der Waals surface area (Å²) in [6.07, 6.45) is 3.87. The largest absolute Gasteiger partial charge is 0.459 e. The summed E-state index contributed by atoms with van der Waals surface area (Å²) in [6.45, 7) is 5.94. The molecular weight excluding hydrogens is 268 g/mol. The van der Waals surface area contributed by atoms with E-state index in [1.165, 1.54) is 6.42 Å². The molecule has 0 N–H and O–H groups in total. The van der Waals surface area contributed by atoms with Crippen molar-refractivity contribution in [2.75, 3.05) is 39.4 Å². The van der Waals surface area contributed by atoms with E-state index in [9.17, 15) is 4.79 Å². The van der Waals surface area contributed by atoms with Gasteiger partial charge in [0.25, 0.3) is 5.91 Å². The van der Waals surface area contributed by atoms with E-state index in [2.05, 4.69) is 4.90 Å². The monoisotopic (exact) mass is 290 g/mol. The van der Waals surface area contributed by atoms with Crippen LogP contribution in [0.25, 0.3) is 0 Å². The maximum atomic E-state index is 12.5. The Morgan fingerprint density at radius 3 is 3.05 bits per heavy atom. The number of hydrogen-bond donors (Lipinski definition) is 0. The van der Waals surface area contributed by atoms with Crippen LogP contribution < -0.4 is 0 Å². The Hall–Kier alpha value is -1.33. The van der Waals surface area contributed by atoms with Crippen molar-refractivity contribution in [2.24, 2.45) is 11.8 Å². The number of hydrogen-bond acceptors (Lipinski definition) is 4. The quantitative estimate of drug-likeness (QED) is 0.845. The number of fused-ring (bicyclic) bond motifs is 1. The zero-order valence-electron chi connectivity index (χ0n) is 12.2. The number of amides is 1. The summed E-state index contributed by atoms with van der Waals surface area (Å²) in [5.74, 6) is 1.83. The molecule has 1 aromatic heterocycles. The summed E-state index contributed by atoms with van der Waals surface area (Å²) < 4.78 is 10.7. The van der Waals surface area contributed by atoms with Gasteiger partial charge >= 0.3 is 0 Å². The van der Waals surface area contributed by atoms with Crippen molar-refractivity contribution < 1.29 is 13.9 Å². The van der Waals surface area contributed by atoms with Gasteiger partial charge in [-0.3, -0.25) is 4.79 Å². The standard InChI is InChI=1S/C16H22N2O3/c19-16(15-2-1-6-21-15)18-5-3-13-9-17(10-14(13)18)8-12-4-7-20-11-12/h1-2,6,12-14H,3-5,7-11H2/t12-,13+,14-/m1/s1. The molecular formula is C16H22N2O3. The molecule has 4 rings (SSSR count). The summed E-state index contributed by atoms with van der Waals surface area (Å²) in [7, 11) is 0. The highest BCUT2D eigenvalue weighted by Crippen LogP contribution is 2.33. The van der Waals surface area contributed by atoms with E-state index < -0.39 is 0 Å². The Bertz CT molecular complexity index is 496. The first-order valence-corrected chi connectivity index (χ1v) is 7.96. The lowest BCUT2D eigenvalue weighted by molar-refractivity contribution is 0.0692. The number of nitrogens with zero attached hydrogens (tertiary/aromatic N) is 2. The zero-order valence-corrected chi connectivity index (χ0v) is 12.2. The van der Waals surface area contributed by atoms with Gasteiger partial charge in [0, 0.05) is 38.8 Å². The van der Waals surface area contributed by atoms with E-state index in [1.807, 2.05) is 4.90 Å². The molecule has 114 valence electrons. The van der Waals surface area contributed by atoms with E-state index in [1.54, 1.807) is 18.4 Å². The van der Waals surface area contributed by atoms with Crippen LogP contribution in [-0.2, 0) is 4.74 Å². The number of likely N-dealkylation sites (tertiary alicyclic amines) is 2. The number of rotatable bonds is 3. The molecule has 0 aliphatic carbocycles. The van der Waals surface area contributed by atoms with Crippen LogP contribution >= 0.6 is 0 Å². The van der Waals surface area contributed by atoms with Crippen LogP contribution in [0.1, 0.15) is 23.4 Å².